The first kappa shape index (κ1) is 13.6. The Morgan fingerprint density at radius 1 is 1.21 bits per heavy atom. The lowest BCUT2D eigenvalue weighted by atomic mass is 10.1. The number of anilines is 1. The zero-order valence-electron chi connectivity index (χ0n) is 10.3. The monoisotopic (exact) mass is 278 g/mol. The molecular formula is C14H15ClN2O2. The maximum Gasteiger partial charge on any atom is 0.141 e. The fourth-order valence-corrected chi connectivity index (χ4v) is 1.76. The first-order valence-corrected chi connectivity index (χ1v) is 6.46. The molecule has 0 amide bonds. The topological polar surface area (TPSA) is 65.4 Å². The van der Waals surface area contributed by atoms with E-state index in [2.05, 4.69) is 10.3 Å². The number of aromatic hydroxyl groups is 1. The summed E-state index contributed by atoms with van der Waals surface area (Å²) < 4.78 is 0. The molecule has 1 unspecified atom stereocenters. The molecule has 0 saturated carbocycles. The van der Waals surface area contributed by atoms with Gasteiger partial charge >= 0.3 is 0 Å². The molecule has 3 N–H and O–H groups in total. The number of aliphatic hydroxyl groups excluding tert-OH is 1. The predicted molar refractivity (Wildman–Crippen MR) is 76.6 cm³/mol. The van der Waals surface area contributed by atoms with Crippen molar-refractivity contribution in [2.45, 2.75) is 6.10 Å². The number of nitrogens with one attached hydrogen (secondary N) is 1. The first-order chi connectivity index (χ1) is 9.20. The summed E-state index contributed by atoms with van der Waals surface area (Å²) in [6, 6.07) is 10.7. The van der Waals surface area contributed by atoms with Crippen molar-refractivity contribution in [3.05, 3.63) is 42.6 Å². The quantitative estimate of drug-likeness (QED) is 0.735. The van der Waals surface area contributed by atoms with Gasteiger partial charge < -0.3 is 15.5 Å². The Morgan fingerprint density at radius 2 is 1.95 bits per heavy atom. The molecule has 5 heteroatoms. The molecule has 0 fully saturated rings. The summed E-state index contributed by atoms with van der Waals surface area (Å²) in [6.07, 6.45) is 1.07. The second-order valence-electron chi connectivity index (χ2n) is 4.14. The van der Waals surface area contributed by atoms with Crippen LogP contribution in [0.2, 0.25) is 0 Å². The number of aliphatic hydroxyl groups is 1. The summed E-state index contributed by atoms with van der Waals surface area (Å²) in [4.78, 5) is 4.14. The van der Waals surface area contributed by atoms with Crippen LogP contribution in [-0.2, 0) is 0 Å². The number of hydrogen-bond donors (Lipinski definition) is 3. The number of alkyl halides is 1. The van der Waals surface area contributed by atoms with E-state index in [9.17, 15) is 10.2 Å². The normalized spacial score (nSPS) is 12.1. The summed E-state index contributed by atoms with van der Waals surface area (Å²) in [5.74, 6) is 0.355. The van der Waals surface area contributed by atoms with Gasteiger partial charge in [0.2, 0.25) is 0 Å². The Hall–Kier alpha value is -1.78. The van der Waals surface area contributed by atoms with Crippen LogP contribution in [0, 0.1) is 0 Å². The van der Waals surface area contributed by atoms with Crippen LogP contribution in [0.4, 0.5) is 5.69 Å². The Kier molecular flexibility index (Phi) is 4.60. The van der Waals surface area contributed by atoms with E-state index in [4.69, 9.17) is 11.6 Å². The molecule has 0 aliphatic carbocycles. The molecule has 0 radical (unpaired) electrons. The molecule has 1 aromatic heterocycles. The Labute approximate surface area is 116 Å². The lowest BCUT2D eigenvalue weighted by molar-refractivity contribution is 0.211. The van der Waals surface area contributed by atoms with Crippen molar-refractivity contribution in [1.29, 1.82) is 0 Å². The number of rotatable bonds is 5. The molecule has 0 saturated heterocycles. The maximum atomic E-state index is 9.72. The van der Waals surface area contributed by atoms with Crippen LogP contribution < -0.4 is 5.32 Å². The number of pyridine rings is 1. The Bertz CT molecular complexity index is 531. The third-order valence-corrected chi connectivity index (χ3v) is 3.02. The first-order valence-electron chi connectivity index (χ1n) is 5.93. The fourth-order valence-electron chi connectivity index (χ4n) is 1.66. The van der Waals surface area contributed by atoms with Gasteiger partial charge in [-0.1, -0.05) is 12.1 Å². The fraction of sp³-hybridized carbons (Fsp3) is 0.214. The molecular weight excluding hydrogens is 264 g/mol. The zero-order chi connectivity index (χ0) is 13.7. The van der Waals surface area contributed by atoms with E-state index in [-0.39, 0.29) is 11.6 Å². The van der Waals surface area contributed by atoms with Gasteiger partial charge in [0, 0.05) is 24.0 Å². The maximum absolute atomic E-state index is 9.72. The van der Waals surface area contributed by atoms with E-state index in [1.807, 2.05) is 24.3 Å². The molecule has 0 bridgehead atoms. The SMILES string of the molecule is Oc1cccnc1-c1ccc(NCC(O)CCl)cc1. The van der Waals surface area contributed by atoms with Gasteiger partial charge in [0.05, 0.1) is 12.0 Å². The smallest absolute Gasteiger partial charge is 0.141 e. The van der Waals surface area contributed by atoms with Gasteiger partial charge in [-0.3, -0.25) is 4.98 Å². The molecule has 0 spiro atoms. The molecule has 19 heavy (non-hydrogen) atoms. The minimum Gasteiger partial charge on any atom is -0.506 e. The van der Waals surface area contributed by atoms with Crippen molar-refractivity contribution < 1.29 is 10.2 Å². The van der Waals surface area contributed by atoms with E-state index < -0.39 is 6.10 Å². The second kappa shape index (κ2) is 6.41. The third kappa shape index (κ3) is 3.59. The highest BCUT2D eigenvalue weighted by Gasteiger charge is 2.05. The van der Waals surface area contributed by atoms with Crippen LogP contribution in [0.3, 0.4) is 0 Å². The highest BCUT2D eigenvalue weighted by Crippen LogP contribution is 2.26. The van der Waals surface area contributed by atoms with Gasteiger partial charge in [0.15, 0.2) is 0 Å². The van der Waals surface area contributed by atoms with Gasteiger partial charge in [0.1, 0.15) is 11.4 Å². The molecule has 100 valence electrons. The lowest BCUT2D eigenvalue weighted by Crippen LogP contribution is -2.20. The third-order valence-electron chi connectivity index (χ3n) is 2.66. The molecule has 0 aliphatic heterocycles. The number of halogens is 1. The number of benzene rings is 1. The summed E-state index contributed by atoms with van der Waals surface area (Å²) in [7, 11) is 0. The molecule has 2 rings (SSSR count). The van der Waals surface area contributed by atoms with E-state index in [1.54, 1.807) is 18.3 Å². The number of hydrogen-bond acceptors (Lipinski definition) is 4. The summed E-state index contributed by atoms with van der Waals surface area (Å²) in [5.41, 5.74) is 2.26. The number of nitrogens with zero attached hydrogens (tertiary/aromatic N) is 1. The molecule has 2 aromatic rings. The van der Waals surface area contributed by atoms with E-state index in [1.165, 1.54) is 0 Å². The van der Waals surface area contributed by atoms with Gasteiger partial charge in [0.25, 0.3) is 0 Å². The molecule has 1 atom stereocenters. The van der Waals surface area contributed by atoms with Crippen LogP contribution in [0.1, 0.15) is 0 Å². The van der Waals surface area contributed by atoms with Crippen molar-refractivity contribution in [2.24, 2.45) is 0 Å². The van der Waals surface area contributed by atoms with E-state index in [0.29, 0.717) is 12.2 Å². The van der Waals surface area contributed by atoms with Crippen molar-refractivity contribution in [2.75, 3.05) is 17.7 Å². The van der Waals surface area contributed by atoms with Crippen LogP contribution in [0.15, 0.2) is 42.6 Å². The lowest BCUT2D eigenvalue weighted by Gasteiger charge is -2.10. The van der Waals surface area contributed by atoms with Crippen LogP contribution in [0.25, 0.3) is 11.3 Å². The van der Waals surface area contributed by atoms with Crippen molar-refractivity contribution in [1.82, 2.24) is 4.98 Å². The Balaban J connectivity index is 2.09. The second-order valence-corrected chi connectivity index (χ2v) is 4.45. The summed E-state index contributed by atoms with van der Waals surface area (Å²) in [5, 5.41) is 22.1. The molecule has 4 nitrogen and oxygen atoms in total. The van der Waals surface area contributed by atoms with E-state index >= 15 is 0 Å². The average molecular weight is 279 g/mol. The Morgan fingerprint density at radius 3 is 2.58 bits per heavy atom. The molecule has 1 aromatic carbocycles. The molecule has 0 aliphatic rings. The average Bonchev–Trinajstić information content (AvgIpc) is 2.46. The standard InChI is InChI=1S/C14H15ClN2O2/c15-8-12(18)9-17-11-5-3-10(4-6-11)14-13(19)2-1-7-16-14/h1-7,12,17-19H,8-9H2. The number of aromatic nitrogens is 1. The van der Waals surface area contributed by atoms with Crippen LogP contribution in [-0.4, -0.2) is 33.7 Å². The van der Waals surface area contributed by atoms with Crippen molar-refractivity contribution >= 4 is 17.3 Å². The molecule has 1 heterocycles. The largest absolute Gasteiger partial charge is 0.506 e. The van der Waals surface area contributed by atoms with Crippen LogP contribution in [0.5, 0.6) is 5.75 Å². The van der Waals surface area contributed by atoms with Gasteiger partial charge in [-0.2, -0.15) is 0 Å². The van der Waals surface area contributed by atoms with E-state index in [0.717, 1.165) is 11.3 Å². The van der Waals surface area contributed by atoms with Crippen molar-refractivity contribution in [3.63, 3.8) is 0 Å². The minimum atomic E-state index is -0.568. The van der Waals surface area contributed by atoms with Gasteiger partial charge in [-0.25, -0.2) is 0 Å². The zero-order valence-corrected chi connectivity index (χ0v) is 11.0. The van der Waals surface area contributed by atoms with Crippen molar-refractivity contribution in [3.8, 4) is 17.0 Å². The minimum absolute atomic E-state index is 0.153. The predicted octanol–water partition coefficient (Wildman–Crippen LogP) is 2.47. The van der Waals surface area contributed by atoms with Crippen LogP contribution >= 0.6 is 11.6 Å². The summed E-state index contributed by atoms with van der Waals surface area (Å²) >= 11 is 5.51. The highest BCUT2D eigenvalue weighted by molar-refractivity contribution is 6.18. The summed E-state index contributed by atoms with van der Waals surface area (Å²) in [6.45, 7) is 0.400. The van der Waals surface area contributed by atoms with Gasteiger partial charge in [-0.05, 0) is 24.3 Å². The highest BCUT2D eigenvalue weighted by atomic mass is 35.5. The van der Waals surface area contributed by atoms with Gasteiger partial charge in [-0.15, -0.1) is 11.6 Å².